The molecule has 0 amide bonds. The van der Waals surface area contributed by atoms with Crippen molar-refractivity contribution in [3.05, 3.63) is 29.8 Å². The van der Waals surface area contributed by atoms with Crippen LogP contribution in [0.1, 0.15) is 82.1 Å². The lowest BCUT2D eigenvalue weighted by molar-refractivity contribution is -0.385. The first-order valence-electron chi connectivity index (χ1n) is 12.5. The van der Waals surface area contributed by atoms with Crippen LogP contribution in [0.4, 0.5) is 0 Å². The largest absolute Gasteiger partial charge is 0.494 e. The molecule has 7 rings (SSSR count). The third-order valence-corrected chi connectivity index (χ3v) is 9.24. The van der Waals surface area contributed by atoms with Gasteiger partial charge in [-0.1, -0.05) is 12.1 Å². The summed E-state index contributed by atoms with van der Waals surface area (Å²) in [4.78, 5) is 12.8. The SMILES string of the molecule is NCCCOc1cccc([C@@H]2CCC[C@@]3(C2)CC2(OO3)C3CC4CC(C3)CC2C4)c1. The summed E-state index contributed by atoms with van der Waals surface area (Å²) in [6.45, 7) is 1.37. The highest BCUT2D eigenvalue weighted by atomic mass is 17.2. The normalized spacial score (nSPS) is 44.2. The van der Waals surface area contributed by atoms with Crippen molar-refractivity contribution in [2.24, 2.45) is 29.4 Å². The molecule has 1 aromatic rings. The fraction of sp³-hybridized carbons (Fsp3) is 0.769. The van der Waals surface area contributed by atoms with E-state index in [1.54, 1.807) is 0 Å². The molecular formula is C26H37NO3. The quantitative estimate of drug-likeness (QED) is 0.524. The third-order valence-electron chi connectivity index (χ3n) is 9.24. The first-order chi connectivity index (χ1) is 14.7. The maximum Gasteiger partial charge on any atom is 0.119 e. The Kier molecular flexibility index (Phi) is 4.89. The van der Waals surface area contributed by atoms with Gasteiger partial charge in [0.15, 0.2) is 0 Å². The van der Waals surface area contributed by atoms with Crippen LogP contribution in [0.5, 0.6) is 5.75 Å². The Morgan fingerprint density at radius 1 is 1.03 bits per heavy atom. The third kappa shape index (κ3) is 3.22. The van der Waals surface area contributed by atoms with Crippen LogP contribution in [0.15, 0.2) is 24.3 Å². The minimum atomic E-state index is -0.0747. The number of hydrogen-bond donors (Lipinski definition) is 1. The van der Waals surface area contributed by atoms with Gasteiger partial charge in [0.1, 0.15) is 17.0 Å². The molecule has 4 nitrogen and oxygen atoms in total. The lowest BCUT2D eigenvalue weighted by Gasteiger charge is -2.58. The van der Waals surface area contributed by atoms with Crippen LogP contribution >= 0.6 is 0 Å². The van der Waals surface area contributed by atoms with E-state index in [9.17, 15) is 0 Å². The summed E-state index contributed by atoms with van der Waals surface area (Å²) in [5.74, 6) is 4.94. The molecule has 2 atom stereocenters. The van der Waals surface area contributed by atoms with Crippen molar-refractivity contribution in [2.75, 3.05) is 13.2 Å². The number of rotatable bonds is 5. The molecule has 164 valence electrons. The minimum absolute atomic E-state index is 0.0303. The molecule has 0 aromatic heterocycles. The molecule has 0 unspecified atom stereocenters. The summed E-state index contributed by atoms with van der Waals surface area (Å²) in [6.07, 6.45) is 13.8. The molecule has 1 heterocycles. The van der Waals surface area contributed by atoms with Crippen molar-refractivity contribution in [3.63, 3.8) is 0 Å². The van der Waals surface area contributed by atoms with Crippen LogP contribution in [0.3, 0.4) is 0 Å². The predicted molar refractivity (Wildman–Crippen MR) is 116 cm³/mol. The maximum absolute atomic E-state index is 6.45. The molecule has 6 aliphatic rings. The Bertz CT molecular complexity index is 751. The molecule has 4 bridgehead atoms. The zero-order valence-electron chi connectivity index (χ0n) is 18.2. The van der Waals surface area contributed by atoms with Crippen LogP contribution < -0.4 is 10.5 Å². The van der Waals surface area contributed by atoms with Crippen molar-refractivity contribution in [3.8, 4) is 5.75 Å². The number of hydrogen-bond acceptors (Lipinski definition) is 4. The smallest absolute Gasteiger partial charge is 0.119 e. The van der Waals surface area contributed by atoms with E-state index in [2.05, 4.69) is 24.3 Å². The standard InChI is InChI=1S/C26H37NO3/c27-8-3-9-28-24-6-1-4-20(15-24)21-5-2-7-25(16-21)17-26(30-29-25)22-11-18-10-19(13-22)14-23(26)12-18/h1,4,6,15,18-19,21-23H,2-3,5,7-14,16-17,27H2/t18?,19?,21-,22?,23?,25-,26?/m1/s1. The number of nitrogens with two attached hydrogens (primary N) is 1. The molecular weight excluding hydrogens is 374 g/mol. The van der Waals surface area contributed by atoms with Crippen LogP contribution in [0.2, 0.25) is 0 Å². The van der Waals surface area contributed by atoms with Crippen molar-refractivity contribution >= 4 is 0 Å². The summed E-state index contributed by atoms with van der Waals surface area (Å²) < 4.78 is 5.91. The van der Waals surface area contributed by atoms with Gasteiger partial charge < -0.3 is 10.5 Å². The molecule has 0 radical (unpaired) electrons. The van der Waals surface area contributed by atoms with Crippen molar-refractivity contribution < 1.29 is 14.5 Å². The van der Waals surface area contributed by atoms with Gasteiger partial charge in [-0.3, -0.25) is 0 Å². The van der Waals surface area contributed by atoms with Gasteiger partial charge in [0.25, 0.3) is 0 Å². The second-order valence-corrected chi connectivity index (χ2v) is 11.1. The molecule has 5 aliphatic carbocycles. The van der Waals surface area contributed by atoms with E-state index in [0.29, 0.717) is 19.1 Å². The van der Waals surface area contributed by atoms with Gasteiger partial charge in [-0.25, -0.2) is 9.78 Å². The summed E-state index contributed by atoms with van der Waals surface area (Å²) in [5.41, 5.74) is 6.96. The predicted octanol–water partition coefficient (Wildman–Crippen LogP) is 5.36. The van der Waals surface area contributed by atoms with Crippen molar-refractivity contribution in [1.82, 2.24) is 0 Å². The monoisotopic (exact) mass is 411 g/mol. The lowest BCUT2D eigenvalue weighted by Crippen LogP contribution is -2.58. The average molecular weight is 412 g/mol. The van der Waals surface area contributed by atoms with E-state index in [1.807, 2.05) is 0 Å². The summed E-state index contributed by atoms with van der Waals surface area (Å²) >= 11 is 0. The van der Waals surface area contributed by atoms with Gasteiger partial charge in [-0.2, -0.15) is 0 Å². The highest BCUT2D eigenvalue weighted by molar-refractivity contribution is 5.32. The van der Waals surface area contributed by atoms with Crippen molar-refractivity contribution in [1.29, 1.82) is 0 Å². The van der Waals surface area contributed by atoms with Crippen LogP contribution in [0.25, 0.3) is 0 Å². The summed E-state index contributed by atoms with van der Waals surface area (Å²) in [5, 5.41) is 0. The molecule has 6 fully saturated rings. The average Bonchev–Trinajstić information content (AvgIpc) is 3.11. The molecule has 1 saturated heterocycles. The van der Waals surface area contributed by atoms with E-state index in [-0.39, 0.29) is 11.2 Å². The fourth-order valence-corrected chi connectivity index (χ4v) is 8.11. The molecule has 5 saturated carbocycles. The number of ether oxygens (including phenoxy) is 1. The maximum atomic E-state index is 6.45. The van der Waals surface area contributed by atoms with Crippen LogP contribution in [-0.2, 0) is 9.78 Å². The van der Waals surface area contributed by atoms with E-state index in [0.717, 1.165) is 55.1 Å². The Balaban J connectivity index is 1.18. The Labute approximate surface area is 180 Å². The highest BCUT2D eigenvalue weighted by Gasteiger charge is 2.65. The molecule has 2 N–H and O–H groups in total. The number of benzene rings is 1. The minimum Gasteiger partial charge on any atom is -0.494 e. The van der Waals surface area contributed by atoms with E-state index >= 15 is 0 Å². The van der Waals surface area contributed by atoms with Gasteiger partial charge in [0.05, 0.1) is 6.61 Å². The van der Waals surface area contributed by atoms with Gasteiger partial charge in [0.2, 0.25) is 0 Å². The Hall–Kier alpha value is -1.10. The molecule has 1 aromatic carbocycles. The van der Waals surface area contributed by atoms with E-state index in [4.69, 9.17) is 20.2 Å². The zero-order chi connectivity index (χ0) is 20.2. The lowest BCUT2D eigenvalue weighted by atomic mass is 9.48. The molecule has 30 heavy (non-hydrogen) atoms. The topological polar surface area (TPSA) is 53.7 Å². The molecule has 4 heteroatoms. The fourth-order valence-electron chi connectivity index (χ4n) is 8.11. The van der Waals surface area contributed by atoms with Gasteiger partial charge in [0, 0.05) is 6.42 Å². The second kappa shape index (κ2) is 7.50. The molecule has 2 spiro atoms. The van der Waals surface area contributed by atoms with E-state index < -0.39 is 0 Å². The Morgan fingerprint density at radius 3 is 2.60 bits per heavy atom. The van der Waals surface area contributed by atoms with Gasteiger partial charge in [-0.05, 0) is 118 Å². The molecule has 1 aliphatic heterocycles. The first-order valence-corrected chi connectivity index (χ1v) is 12.5. The summed E-state index contributed by atoms with van der Waals surface area (Å²) in [6, 6.07) is 8.72. The second-order valence-electron chi connectivity index (χ2n) is 11.1. The van der Waals surface area contributed by atoms with Gasteiger partial charge in [-0.15, -0.1) is 0 Å². The van der Waals surface area contributed by atoms with Crippen LogP contribution in [0, 0.1) is 23.7 Å². The Morgan fingerprint density at radius 2 is 1.83 bits per heavy atom. The van der Waals surface area contributed by atoms with E-state index in [1.165, 1.54) is 50.5 Å². The van der Waals surface area contributed by atoms with Crippen molar-refractivity contribution in [2.45, 2.75) is 87.7 Å². The summed E-state index contributed by atoms with van der Waals surface area (Å²) in [7, 11) is 0. The van der Waals surface area contributed by atoms with Crippen LogP contribution in [-0.4, -0.2) is 24.4 Å². The van der Waals surface area contributed by atoms with Gasteiger partial charge >= 0.3 is 0 Å². The first kappa shape index (κ1) is 19.6. The zero-order valence-corrected chi connectivity index (χ0v) is 18.2. The highest BCUT2D eigenvalue weighted by Crippen LogP contribution is 2.65.